The second-order valence-electron chi connectivity index (χ2n) is 8.41. The third-order valence-electron chi connectivity index (χ3n) is 6.05. The minimum atomic E-state index is -4.43. The number of piperidine rings is 1. The molecule has 1 aromatic heterocycles. The standard InChI is InChI=1S/C26H26F3N3O2/c1-18-8-7-15-32(22(18)17-31-24-14-13-19(16-30-24)26(27,28)29)25(33)21-11-5-6-12-23(21)34-20-9-3-2-4-10-20/h2-6,9-14,16,18,22H,7-8,15,17H2,1H3,(H,30,31)/t18-,22-/m0/s1. The highest BCUT2D eigenvalue weighted by Gasteiger charge is 2.34. The average Bonchev–Trinajstić information content (AvgIpc) is 2.83. The Morgan fingerprint density at radius 3 is 2.53 bits per heavy atom. The minimum absolute atomic E-state index is 0.134. The number of nitrogens with one attached hydrogen (secondary N) is 1. The molecule has 0 bridgehead atoms. The maximum absolute atomic E-state index is 13.6. The number of hydrogen-bond donors (Lipinski definition) is 1. The fourth-order valence-corrected chi connectivity index (χ4v) is 4.19. The van der Waals surface area contributed by atoms with Crippen LogP contribution in [0, 0.1) is 5.92 Å². The van der Waals surface area contributed by atoms with Crippen molar-refractivity contribution in [3.8, 4) is 11.5 Å². The number of hydrogen-bond acceptors (Lipinski definition) is 4. The Morgan fingerprint density at radius 2 is 1.82 bits per heavy atom. The lowest BCUT2D eigenvalue weighted by atomic mass is 9.90. The number of nitrogens with zero attached hydrogens (tertiary/aromatic N) is 2. The largest absolute Gasteiger partial charge is 0.457 e. The second kappa shape index (κ2) is 10.2. The number of amides is 1. The van der Waals surface area contributed by atoms with Crippen LogP contribution in [0.1, 0.15) is 35.7 Å². The number of pyridine rings is 1. The molecule has 3 aromatic rings. The van der Waals surface area contributed by atoms with Crippen LogP contribution in [0.25, 0.3) is 0 Å². The molecule has 0 spiro atoms. The molecule has 1 amide bonds. The Bertz CT molecular complexity index is 1100. The SMILES string of the molecule is C[C@H]1CCCN(C(=O)c2ccccc2Oc2ccccc2)[C@H]1CNc1ccc(C(F)(F)F)cn1. The fraction of sp³-hybridized carbons (Fsp3) is 0.308. The number of carbonyl (C=O) groups excluding carboxylic acids is 1. The van der Waals surface area contributed by atoms with E-state index < -0.39 is 11.7 Å². The first-order valence-electron chi connectivity index (χ1n) is 11.2. The van der Waals surface area contributed by atoms with Crippen molar-refractivity contribution in [3.63, 3.8) is 0 Å². The van der Waals surface area contributed by atoms with Gasteiger partial charge in [-0.05, 0) is 55.2 Å². The summed E-state index contributed by atoms with van der Waals surface area (Å²) >= 11 is 0. The molecule has 1 saturated heterocycles. The van der Waals surface area contributed by atoms with Gasteiger partial charge in [-0.2, -0.15) is 13.2 Å². The zero-order chi connectivity index (χ0) is 24.1. The smallest absolute Gasteiger partial charge is 0.417 e. The van der Waals surface area contributed by atoms with Crippen molar-refractivity contribution in [1.82, 2.24) is 9.88 Å². The summed E-state index contributed by atoms with van der Waals surface area (Å²) in [6, 6.07) is 18.6. The van der Waals surface area contributed by atoms with E-state index in [4.69, 9.17) is 4.74 Å². The number of alkyl halides is 3. The molecular weight excluding hydrogens is 443 g/mol. The van der Waals surface area contributed by atoms with Gasteiger partial charge in [0.05, 0.1) is 17.2 Å². The Balaban J connectivity index is 1.50. The number of anilines is 1. The highest BCUT2D eigenvalue weighted by atomic mass is 19.4. The quantitative estimate of drug-likeness (QED) is 0.464. The van der Waals surface area contributed by atoms with Crippen LogP contribution in [0.5, 0.6) is 11.5 Å². The zero-order valence-corrected chi connectivity index (χ0v) is 18.8. The highest BCUT2D eigenvalue weighted by molar-refractivity contribution is 5.97. The molecule has 2 atom stereocenters. The van der Waals surface area contributed by atoms with E-state index in [-0.39, 0.29) is 17.9 Å². The summed E-state index contributed by atoms with van der Waals surface area (Å²) in [4.78, 5) is 19.3. The molecule has 1 aliphatic rings. The number of ether oxygens (including phenoxy) is 1. The molecule has 0 unspecified atom stereocenters. The van der Waals surface area contributed by atoms with Gasteiger partial charge in [-0.1, -0.05) is 37.3 Å². The second-order valence-corrected chi connectivity index (χ2v) is 8.41. The fourth-order valence-electron chi connectivity index (χ4n) is 4.19. The summed E-state index contributed by atoms with van der Waals surface area (Å²) in [5.74, 6) is 1.53. The van der Waals surface area contributed by atoms with Crippen LogP contribution < -0.4 is 10.1 Å². The number of halogens is 3. The highest BCUT2D eigenvalue weighted by Crippen LogP contribution is 2.31. The van der Waals surface area contributed by atoms with Gasteiger partial charge in [0.1, 0.15) is 17.3 Å². The van der Waals surface area contributed by atoms with E-state index in [9.17, 15) is 18.0 Å². The van der Waals surface area contributed by atoms with Gasteiger partial charge in [-0.25, -0.2) is 4.98 Å². The molecular formula is C26H26F3N3O2. The molecule has 2 aromatic carbocycles. The molecule has 0 radical (unpaired) electrons. The first-order chi connectivity index (χ1) is 16.3. The molecule has 34 heavy (non-hydrogen) atoms. The summed E-state index contributed by atoms with van der Waals surface area (Å²) in [6.07, 6.45) is -1.78. The number of carbonyl (C=O) groups is 1. The Hall–Kier alpha value is -3.55. The van der Waals surface area contributed by atoms with Crippen LogP contribution >= 0.6 is 0 Å². The van der Waals surface area contributed by atoms with Crippen LogP contribution in [0.4, 0.5) is 19.0 Å². The van der Waals surface area contributed by atoms with Crippen molar-refractivity contribution in [2.24, 2.45) is 5.92 Å². The number of rotatable bonds is 6. The summed E-state index contributed by atoms with van der Waals surface area (Å²) in [5, 5.41) is 3.11. The molecule has 178 valence electrons. The number of aromatic nitrogens is 1. The van der Waals surface area contributed by atoms with Crippen molar-refractivity contribution < 1.29 is 22.7 Å². The molecule has 0 aliphatic carbocycles. The van der Waals surface area contributed by atoms with Gasteiger partial charge in [-0.15, -0.1) is 0 Å². The molecule has 2 heterocycles. The van der Waals surface area contributed by atoms with E-state index in [1.807, 2.05) is 41.3 Å². The minimum Gasteiger partial charge on any atom is -0.457 e. The van der Waals surface area contributed by atoms with E-state index in [2.05, 4.69) is 17.2 Å². The summed E-state index contributed by atoms with van der Waals surface area (Å²) < 4.78 is 44.4. The number of benzene rings is 2. The van der Waals surface area contributed by atoms with Crippen LogP contribution in [-0.2, 0) is 6.18 Å². The van der Waals surface area contributed by atoms with Crippen LogP contribution in [0.3, 0.4) is 0 Å². The molecule has 1 aliphatic heterocycles. The Morgan fingerprint density at radius 1 is 1.09 bits per heavy atom. The van der Waals surface area contributed by atoms with Gasteiger partial charge < -0.3 is 15.0 Å². The monoisotopic (exact) mass is 469 g/mol. The van der Waals surface area contributed by atoms with Gasteiger partial charge in [0.2, 0.25) is 0 Å². The lowest BCUT2D eigenvalue weighted by Crippen LogP contribution is -2.51. The van der Waals surface area contributed by atoms with Gasteiger partial charge >= 0.3 is 6.18 Å². The van der Waals surface area contributed by atoms with Crippen molar-refractivity contribution in [1.29, 1.82) is 0 Å². The first-order valence-corrected chi connectivity index (χ1v) is 11.2. The van der Waals surface area contributed by atoms with Gasteiger partial charge in [0.15, 0.2) is 0 Å². The van der Waals surface area contributed by atoms with E-state index in [1.165, 1.54) is 6.07 Å². The normalized spacial score (nSPS) is 18.4. The molecule has 8 heteroatoms. The Kier molecular flexibility index (Phi) is 7.05. The van der Waals surface area contributed by atoms with Gasteiger partial charge in [-0.3, -0.25) is 4.79 Å². The predicted molar refractivity (Wildman–Crippen MR) is 124 cm³/mol. The molecule has 1 N–H and O–H groups in total. The van der Waals surface area contributed by atoms with Crippen molar-refractivity contribution >= 4 is 11.7 Å². The summed E-state index contributed by atoms with van der Waals surface area (Å²) in [7, 11) is 0. The molecule has 0 saturated carbocycles. The summed E-state index contributed by atoms with van der Waals surface area (Å²) in [5.41, 5.74) is -0.325. The maximum atomic E-state index is 13.6. The zero-order valence-electron chi connectivity index (χ0n) is 18.8. The molecule has 5 nitrogen and oxygen atoms in total. The third kappa shape index (κ3) is 5.50. The van der Waals surface area contributed by atoms with E-state index >= 15 is 0 Å². The maximum Gasteiger partial charge on any atom is 0.417 e. The first kappa shape index (κ1) is 23.6. The van der Waals surface area contributed by atoms with Crippen molar-refractivity contribution in [2.45, 2.75) is 32.0 Å². The predicted octanol–water partition coefficient (Wildman–Crippen LogP) is 6.25. The lowest BCUT2D eigenvalue weighted by molar-refractivity contribution is -0.137. The van der Waals surface area contributed by atoms with Crippen LogP contribution in [-0.4, -0.2) is 34.9 Å². The topological polar surface area (TPSA) is 54.5 Å². The average molecular weight is 470 g/mol. The number of para-hydroxylation sites is 2. The van der Waals surface area contributed by atoms with E-state index in [1.54, 1.807) is 18.2 Å². The lowest BCUT2D eigenvalue weighted by Gasteiger charge is -2.40. The third-order valence-corrected chi connectivity index (χ3v) is 6.05. The summed E-state index contributed by atoms with van der Waals surface area (Å²) in [6.45, 7) is 3.06. The molecule has 4 rings (SSSR count). The van der Waals surface area contributed by atoms with Crippen molar-refractivity contribution in [2.75, 3.05) is 18.4 Å². The number of likely N-dealkylation sites (tertiary alicyclic amines) is 1. The van der Waals surface area contributed by atoms with E-state index in [0.717, 1.165) is 25.1 Å². The van der Waals surface area contributed by atoms with E-state index in [0.29, 0.717) is 36.0 Å². The van der Waals surface area contributed by atoms with Gasteiger partial charge in [0.25, 0.3) is 5.91 Å². The Labute approximate surface area is 196 Å². The van der Waals surface area contributed by atoms with Crippen LogP contribution in [0.2, 0.25) is 0 Å². The van der Waals surface area contributed by atoms with Crippen LogP contribution in [0.15, 0.2) is 72.9 Å². The van der Waals surface area contributed by atoms with Gasteiger partial charge in [0, 0.05) is 19.3 Å². The molecule has 1 fully saturated rings. The van der Waals surface area contributed by atoms with Crippen molar-refractivity contribution in [3.05, 3.63) is 84.1 Å².